The van der Waals surface area contributed by atoms with Crippen LogP contribution in [0.1, 0.15) is 29.0 Å². The number of furan rings is 1. The summed E-state index contributed by atoms with van der Waals surface area (Å²) in [5.74, 6) is 6.05. The van der Waals surface area contributed by atoms with Crippen molar-refractivity contribution in [3.05, 3.63) is 59.0 Å². The largest absolute Gasteiger partial charge is 0.459 e. The number of benzene rings is 1. The summed E-state index contributed by atoms with van der Waals surface area (Å²) in [6.07, 6.45) is 2.30. The first-order chi connectivity index (χ1) is 11.1. The van der Waals surface area contributed by atoms with E-state index in [4.69, 9.17) is 16.0 Å². The van der Waals surface area contributed by atoms with Crippen molar-refractivity contribution in [3.63, 3.8) is 0 Å². The fraction of sp³-hybridized carbons (Fsp3) is 0.278. The Balaban J connectivity index is 1.65. The van der Waals surface area contributed by atoms with Crippen LogP contribution in [0.4, 0.5) is 0 Å². The van der Waals surface area contributed by atoms with Crippen molar-refractivity contribution >= 4 is 17.5 Å². The average Bonchev–Trinajstić information content (AvgIpc) is 3.08. The van der Waals surface area contributed by atoms with E-state index in [0.29, 0.717) is 36.7 Å². The molecule has 1 aliphatic rings. The van der Waals surface area contributed by atoms with E-state index in [2.05, 4.69) is 11.8 Å². The number of carbonyl (C=O) groups excluding carboxylic acids is 1. The molecule has 4 nitrogen and oxygen atoms in total. The van der Waals surface area contributed by atoms with E-state index in [1.54, 1.807) is 29.2 Å². The van der Waals surface area contributed by atoms with Crippen LogP contribution in [-0.2, 0) is 0 Å². The summed E-state index contributed by atoms with van der Waals surface area (Å²) in [6.45, 7) is 0.889. The fourth-order valence-electron chi connectivity index (χ4n) is 2.52. The molecular weight excluding hydrogens is 314 g/mol. The number of amides is 1. The number of hydrogen-bond donors (Lipinski definition) is 1. The minimum Gasteiger partial charge on any atom is -0.459 e. The number of nitrogens with zero attached hydrogens (tertiary/aromatic N) is 1. The number of hydrogen-bond acceptors (Lipinski definition) is 3. The van der Waals surface area contributed by atoms with Crippen molar-refractivity contribution in [2.75, 3.05) is 13.1 Å². The number of aliphatic hydroxyl groups is 1. The molecule has 0 spiro atoms. The highest BCUT2D eigenvalue weighted by atomic mass is 35.5. The second-order valence-corrected chi connectivity index (χ2v) is 6.00. The summed E-state index contributed by atoms with van der Waals surface area (Å²) in [7, 11) is 0. The van der Waals surface area contributed by atoms with E-state index < -0.39 is 5.60 Å². The second kappa shape index (κ2) is 6.49. The zero-order valence-corrected chi connectivity index (χ0v) is 13.2. The summed E-state index contributed by atoms with van der Waals surface area (Å²) >= 11 is 5.92. The molecule has 118 valence electrons. The number of rotatable bonds is 1. The maximum absolute atomic E-state index is 12.2. The summed E-state index contributed by atoms with van der Waals surface area (Å²) in [5, 5.41) is 11.2. The van der Waals surface area contributed by atoms with Gasteiger partial charge >= 0.3 is 0 Å². The van der Waals surface area contributed by atoms with Crippen LogP contribution in [0.3, 0.4) is 0 Å². The van der Waals surface area contributed by atoms with Gasteiger partial charge < -0.3 is 14.4 Å². The van der Waals surface area contributed by atoms with Gasteiger partial charge in [0.05, 0.1) is 6.26 Å². The molecule has 1 aromatic heterocycles. The first kappa shape index (κ1) is 15.7. The van der Waals surface area contributed by atoms with E-state index in [-0.39, 0.29) is 5.91 Å². The van der Waals surface area contributed by atoms with E-state index in [0.717, 1.165) is 5.56 Å². The SMILES string of the molecule is O=C(c1ccco1)N1CCC(O)(C#Cc2cccc(Cl)c2)CC1. The average molecular weight is 330 g/mol. The summed E-state index contributed by atoms with van der Waals surface area (Å²) in [5.41, 5.74) is -0.317. The van der Waals surface area contributed by atoms with E-state index in [1.165, 1.54) is 6.26 Å². The highest BCUT2D eigenvalue weighted by Gasteiger charge is 2.33. The molecule has 2 heterocycles. The predicted octanol–water partition coefficient (Wildman–Crippen LogP) is 2.95. The van der Waals surface area contributed by atoms with Gasteiger partial charge in [0, 0.05) is 36.5 Å². The van der Waals surface area contributed by atoms with Gasteiger partial charge in [-0.1, -0.05) is 29.5 Å². The van der Waals surface area contributed by atoms with Crippen LogP contribution in [-0.4, -0.2) is 34.6 Å². The molecule has 1 saturated heterocycles. The first-order valence-corrected chi connectivity index (χ1v) is 7.77. The third-order valence-corrected chi connectivity index (χ3v) is 4.11. The molecule has 23 heavy (non-hydrogen) atoms. The van der Waals surface area contributed by atoms with Gasteiger partial charge in [-0.05, 0) is 30.3 Å². The number of likely N-dealkylation sites (tertiary alicyclic amines) is 1. The zero-order valence-electron chi connectivity index (χ0n) is 12.5. The van der Waals surface area contributed by atoms with Gasteiger partial charge in [0.25, 0.3) is 5.91 Å². The summed E-state index contributed by atoms with van der Waals surface area (Å²) in [6, 6.07) is 10.5. The third kappa shape index (κ3) is 3.76. The van der Waals surface area contributed by atoms with Crippen molar-refractivity contribution in [1.29, 1.82) is 0 Å². The van der Waals surface area contributed by atoms with Crippen LogP contribution in [0, 0.1) is 11.8 Å². The smallest absolute Gasteiger partial charge is 0.289 e. The lowest BCUT2D eigenvalue weighted by Gasteiger charge is -2.34. The molecule has 0 bridgehead atoms. The molecule has 5 heteroatoms. The van der Waals surface area contributed by atoms with Crippen molar-refractivity contribution in [2.24, 2.45) is 0 Å². The number of piperidine rings is 1. The van der Waals surface area contributed by atoms with Crippen LogP contribution in [0.25, 0.3) is 0 Å². The van der Waals surface area contributed by atoms with Crippen molar-refractivity contribution < 1.29 is 14.3 Å². The third-order valence-electron chi connectivity index (χ3n) is 3.87. The quantitative estimate of drug-likeness (QED) is 0.818. The van der Waals surface area contributed by atoms with Crippen molar-refractivity contribution in [2.45, 2.75) is 18.4 Å². The Morgan fingerprint density at radius 2 is 2.04 bits per heavy atom. The Hall–Kier alpha value is -2.22. The summed E-state index contributed by atoms with van der Waals surface area (Å²) < 4.78 is 5.12. The molecule has 0 unspecified atom stereocenters. The number of carbonyl (C=O) groups is 1. The van der Waals surface area contributed by atoms with Crippen molar-refractivity contribution in [3.8, 4) is 11.8 Å². The lowest BCUT2D eigenvalue weighted by molar-refractivity contribution is 0.0234. The molecule has 1 N–H and O–H groups in total. The lowest BCUT2D eigenvalue weighted by Crippen LogP contribution is -2.46. The standard InChI is InChI=1S/C18H16ClNO3/c19-15-4-1-3-14(13-15)6-7-18(22)8-10-20(11-9-18)17(21)16-5-2-12-23-16/h1-5,12-13,22H,8-11H2. The van der Waals surface area contributed by atoms with E-state index in [9.17, 15) is 9.90 Å². The van der Waals surface area contributed by atoms with Gasteiger partial charge in [-0.3, -0.25) is 4.79 Å². The van der Waals surface area contributed by atoms with Gasteiger partial charge in [0.15, 0.2) is 5.76 Å². The monoisotopic (exact) mass is 329 g/mol. The van der Waals surface area contributed by atoms with Crippen LogP contribution >= 0.6 is 11.6 Å². The van der Waals surface area contributed by atoms with E-state index in [1.807, 2.05) is 12.1 Å². The normalized spacial score (nSPS) is 16.5. The van der Waals surface area contributed by atoms with Crippen LogP contribution in [0.2, 0.25) is 5.02 Å². The maximum Gasteiger partial charge on any atom is 0.289 e. The van der Waals surface area contributed by atoms with E-state index >= 15 is 0 Å². The first-order valence-electron chi connectivity index (χ1n) is 7.40. The Morgan fingerprint density at radius 3 is 2.70 bits per heavy atom. The molecule has 1 fully saturated rings. The Morgan fingerprint density at radius 1 is 1.26 bits per heavy atom. The molecule has 0 radical (unpaired) electrons. The topological polar surface area (TPSA) is 53.7 Å². The molecule has 0 aliphatic carbocycles. The Bertz CT molecular complexity index is 750. The van der Waals surface area contributed by atoms with Gasteiger partial charge in [-0.2, -0.15) is 0 Å². The highest BCUT2D eigenvalue weighted by molar-refractivity contribution is 6.30. The molecule has 1 aromatic carbocycles. The van der Waals surface area contributed by atoms with Crippen LogP contribution in [0.15, 0.2) is 47.1 Å². The Kier molecular flexibility index (Phi) is 4.42. The Labute approximate surface area is 139 Å². The molecule has 1 amide bonds. The predicted molar refractivity (Wildman–Crippen MR) is 87.1 cm³/mol. The van der Waals surface area contributed by atoms with Gasteiger partial charge in [0.2, 0.25) is 0 Å². The second-order valence-electron chi connectivity index (χ2n) is 5.56. The number of halogens is 1. The lowest BCUT2D eigenvalue weighted by atomic mass is 9.91. The molecule has 0 atom stereocenters. The molecular formula is C18H16ClNO3. The molecule has 3 rings (SSSR count). The zero-order chi connectivity index (χ0) is 16.3. The molecule has 1 aliphatic heterocycles. The summed E-state index contributed by atoms with van der Waals surface area (Å²) in [4.78, 5) is 13.9. The molecule has 2 aromatic rings. The van der Waals surface area contributed by atoms with Gasteiger partial charge in [-0.25, -0.2) is 0 Å². The van der Waals surface area contributed by atoms with Gasteiger partial charge in [0.1, 0.15) is 5.60 Å². The minimum atomic E-state index is -1.08. The fourth-order valence-corrected chi connectivity index (χ4v) is 2.71. The highest BCUT2D eigenvalue weighted by Crippen LogP contribution is 2.23. The van der Waals surface area contributed by atoms with Gasteiger partial charge in [-0.15, -0.1) is 0 Å². The maximum atomic E-state index is 12.2. The van der Waals surface area contributed by atoms with Crippen LogP contribution in [0.5, 0.6) is 0 Å². The minimum absolute atomic E-state index is 0.153. The molecule has 0 saturated carbocycles. The van der Waals surface area contributed by atoms with Crippen molar-refractivity contribution in [1.82, 2.24) is 4.90 Å². The van der Waals surface area contributed by atoms with Crippen LogP contribution < -0.4 is 0 Å².